The largest absolute Gasteiger partial charge is 0.459 e. The molecule has 0 bridgehead atoms. The van der Waals surface area contributed by atoms with Gasteiger partial charge in [0.1, 0.15) is 11.4 Å². The molecular weight excluding hydrogens is 378 g/mol. The third kappa shape index (κ3) is 4.45. The van der Waals surface area contributed by atoms with Crippen LogP contribution < -0.4 is 10.9 Å². The number of amides is 1. The normalized spacial score (nSPS) is 11.0. The van der Waals surface area contributed by atoms with Crippen molar-refractivity contribution < 1.29 is 14.3 Å². The number of carbonyl (C=O) groups excluding carboxylic acids is 2. The molecule has 0 aliphatic heterocycles. The number of nitrogens with one attached hydrogen (secondary N) is 1. The average Bonchev–Trinajstić information content (AvgIpc) is 3.08. The maximum atomic E-state index is 12.6. The Bertz CT molecular complexity index is 1080. The van der Waals surface area contributed by atoms with E-state index >= 15 is 0 Å². The van der Waals surface area contributed by atoms with Gasteiger partial charge in [0, 0.05) is 10.6 Å². The van der Waals surface area contributed by atoms with E-state index in [0.717, 1.165) is 11.3 Å². The summed E-state index contributed by atoms with van der Waals surface area (Å²) in [4.78, 5) is 43.0. The Balaban J connectivity index is 1.74. The van der Waals surface area contributed by atoms with Gasteiger partial charge in [-0.3, -0.25) is 14.2 Å². The van der Waals surface area contributed by atoms with Crippen molar-refractivity contribution in [3.63, 3.8) is 0 Å². The van der Waals surface area contributed by atoms with E-state index in [1.165, 1.54) is 22.2 Å². The van der Waals surface area contributed by atoms with Crippen LogP contribution in [0.5, 0.6) is 0 Å². The standard InChI is InChI=1S/C20H21N3O4S/c1-4-15-9-16-18(28-15)21-11-23(19(16)25)10-17(24)22-14-7-5-6-13(8-14)20(26)27-12(2)3/h5-9,11-12H,4,10H2,1-3H3,(H,22,24). The van der Waals surface area contributed by atoms with Crippen molar-refractivity contribution in [1.29, 1.82) is 0 Å². The number of hydrogen-bond donors (Lipinski definition) is 1. The molecule has 0 aliphatic carbocycles. The predicted molar refractivity (Wildman–Crippen MR) is 109 cm³/mol. The highest BCUT2D eigenvalue weighted by Crippen LogP contribution is 2.21. The fraction of sp³-hybridized carbons (Fsp3) is 0.300. The summed E-state index contributed by atoms with van der Waals surface area (Å²) >= 11 is 1.48. The van der Waals surface area contributed by atoms with E-state index in [-0.39, 0.29) is 24.1 Å². The van der Waals surface area contributed by atoms with E-state index in [1.807, 2.05) is 13.0 Å². The predicted octanol–water partition coefficient (Wildman–Crippen LogP) is 3.22. The van der Waals surface area contributed by atoms with Crippen LogP contribution >= 0.6 is 11.3 Å². The van der Waals surface area contributed by atoms with Gasteiger partial charge >= 0.3 is 5.97 Å². The fourth-order valence-electron chi connectivity index (χ4n) is 2.66. The molecular formula is C20H21N3O4S. The Morgan fingerprint density at radius 3 is 2.79 bits per heavy atom. The van der Waals surface area contributed by atoms with Gasteiger partial charge in [-0.05, 0) is 44.5 Å². The number of nitrogens with zero attached hydrogens (tertiary/aromatic N) is 2. The number of hydrogen-bond acceptors (Lipinski definition) is 6. The smallest absolute Gasteiger partial charge is 0.338 e. The average molecular weight is 399 g/mol. The highest BCUT2D eigenvalue weighted by atomic mass is 32.1. The molecule has 2 heterocycles. The summed E-state index contributed by atoms with van der Waals surface area (Å²) in [7, 11) is 0. The summed E-state index contributed by atoms with van der Waals surface area (Å²) in [5, 5.41) is 3.22. The zero-order valence-electron chi connectivity index (χ0n) is 15.9. The van der Waals surface area contributed by atoms with Crippen LogP contribution in [0.3, 0.4) is 0 Å². The first kappa shape index (κ1) is 19.8. The molecule has 0 spiro atoms. The van der Waals surface area contributed by atoms with E-state index in [2.05, 4.69) is 10.3 Å². The number of benzene rings is 1. The van der Waals surface area contributed by atoms with Gasteiger partial charge in [0.05, 0.1) is 23.4 Å². The zero-order chi connectivity index (χ0) is 20.3. The van der Waals surface area contributed by atoms with Crippen LogP contribution in [0.1, 0.15) is 36.0 Å². The van der Waals surface area contributed by atoms with Crippen molar-refractivity contribution in [2.45, 2.75) is 39.8 Å². The van der Waals surface area contributed by atoms with Gasteiger partial charge in [-0.1, -0.05) is 13.0 Å². The summed E-state index contributed by atoms with van der Waals surface area (Å²) in [6.07, 6.45) is 1.98. The summed E-state index contributed by atoms with van der Waals surface area (Å²) in [5.41, 5.74) is 0.552. The Morgan fingerprint density at radius 1 is 1.29 bits per heavy atom. The highest BCUT2D eigenvalue weighted by Gasteiger charge is 2.13. The number of ether oxygens (including phenoxy) is 1. The van der Waals surface area contributed by atoms with Gasteiger partial charge in [-0.2, -0.15) is 0 Å². The first-order valence-electron chi connectivity index (χ1n) is 8.96. The Morgan fingerprint density at radius 2 is 2.07 bits per heavy atom. The Kier molecular flexibility index (Phi) is 5.89. The summed E-state index contributed by atoms with van der Waals surface area (Å²) in [5.74, 6) is -0.843. The number of carbonyl (C=O) groups is 2. The number of aryl methyl sites for hydroxylation is 1. The van der Waals surface area contributed by atoms with Crippen molar-refractivity contribution in [2.75, 3.05) is 5.32 Å². The summed E-state index contributed by atoms with van der Waals surface area (Å²) in [6, 6.07) is 8.31. The second-order valence-electron chi connectivity index (χ2n) is 6.55. The van der Waals surface area contributed by atoms with Crippen LogP contribution in [-0.4, -0.2) is 27.5 Å². The van der Waals surface area contributed by atoms with E-state index in [9.17, 15) is 14.4 Å². The van der Waals surface area contributed by atoms with Crippen molar-refractivity contribution in [3.05, 3.63) is 57.5 Å². The molecule has 0 saturated heterocycles. The quantitative estimate of drug-likeness (QED) is 0.643. The maximum Gasteiger partial charge on any atom is 0.338 e. The van der Waals surface area contributed by atoms with Crippen molar-refractivity contribution in [2.24, 2.45) is 0 Å². The lowest BCUT2D eigenvalue weighted by atomic mass is 10.2. The van der Waals surface area contributed by atoms with E-state index in [1.54, 1.807) is 38.1 Å². The molecule has 1 N–H and O–H groups in total. The van der Waals surface area contributed by atoms with E-state index in [4.69, 9.17) is 4.74 Å². The van der Waals surface area contributed by atoms with Gasteiger partial charge in [0.2, 0.25) is 5.91 Å². The third-order valence-corrected chi connectivity index (χ3v) is 5.14. The van der Waals surface area contributed by atoms with E-state index < -0.39 is 5.97 Å². The lowest BCUT2D eigenvalue weighted by Crippen LogP contribution is -2.27. The lowest BCUT2D eigenvalue weighted by Gasteiger charge is -2.10. The Labute approximate surface area is 166 Å². The van der Waals surface area contributed by atoms with Gasteiger partial charge in [0.25, 0.3) is 5.56 Å². The van der Waals surface area contributed by atoms with Crippen molar-refractivity contribution >= 4 is 39.1 Å². The minimum atomic E-state index is -0.457. The highest BCUT2D eigenvalue weighted by molar-refractivity contribution is 7.18. The van der Waals surface area contributed by atoms with Crippen molar-refractivity contribution in [1.82, 2.24) is 9.55 Å². The van der Waals surface area contributed by atoms with Crippen LogP contribution in [0.2, 0.25) is 0 Å². The lowest BCUT2D eigenvalue weighted by molar-refractivity contribution is -0.116. The molecule has 1 amide bonds. The van der Waals surface area contributed by atoms with Crippen LogP contribution in [0.4, 0.5) is 5.69 Å². The van der Waals surface area contributed by atoms with Crippen LogP contribution in [0, 0.1) is 0 Å². The monoisotopic (exact) mass is 399 g/mol. The van der Waals surface area contributed by atoms with Gasteiger partial charge in [0.15, 0.2) is 0 Å². The molecule has 7 nitrogen and oxygen atoms in total. The molecule has 146 valence electrons. The third-order valence-electron chi connectivity index (χ3n) is 3.96. The number of esters is 1. The molecule has 28 heavy (non-hydrogen) atoms. The summed E-state index contributed by atoms with van der Waals surface area (Å²) < 4.78 is 6.43. The second kappa shape index (κ2) is 8.35. The molecule has 0 radical (unpaired) electrons. The van der Waals surface area contributed by atoms with Crippen LogP contribution in [-0.2, 0) is 22.5 Å². The van der Waals surface area contributed by atoms with Crippen LogP contribution in [0.25, 0.3) is 10.2 Å². The van der Waals surface area contributed by atoms with Crippen molar-refractivity contribution in [3.8, 4) is 0 Å². The number of rotatable bonds is 6. The fourth-order valence-corrected chi connectivity index (χ4v) is 3.58. The van der Waals surface area contributed by atoms with Crippen LogP contribution in [0.15, 0.2) is 41.5 Å². The van der Waals surface area contributed by atoms with E-state index in [0.29, 0.717) is 21.5 Å². The van der Waals surface area contributed by atoms with Gasteiger partial charge < -0.3 is 10.1 Å². The minimum Gasteiger partial charge on any atom is -0.459 e. The number of fused-ring (bicyclic) bond motifs is 1. The summed E-state index contributed by atoms with van der Waals surface area (Å²) in [6.45, 7) is 5.38. The first-order chi connectivity index (χ1) is 13.4. The molecule has 3 rings (SSSR count). The molecule has 0 saturated carbocycles. The second-order valence-corrected chi connectivity index (χ2v) is 7.66. The number of aromatic nitrogens is 2. The molecule has 2 aromatic heterocycles. The molecule has 3 aromatic rings. The SMILES string of the molecule is CCc1cc2c(=O)n(CC(=O)Nc3cccc(C(=O)OC(C)C)c3)cnc2s1. The zero-order valence-corrected chi connectivity index (χ0v) is 16.7. The molecule has 0 aliphatic rings. The first-order valence-corrected chi connectivity index (χ1v) is 9.77. The molecule has 8 heteroatoms. The number of thiophene rings is 1. The topological polar surface area (TPSA) is 90.3 Å². The molecule has 0 atom stereocenters. The Hall–Kier alpha value is -3.00. The van der Waals surface area contributed by atoms with Gasteiger partial charge in [-0.25, -0.2) is 9.78 Å². The van der Waals surface area contributed by atoms with Gasteiger partial charge in [-0.15, -0.1) is 11.3 Å². The number of anilines is 1. The molecule has 1 aromatic carbocycles. The molecule has 0 unspecified atom stereocenters. The maximum absolute atomic E-state index is 12.6. The molecule has 0 fully saturated rings. The minimum absolute atomic E-state index is 0.167.